The number of hydrogen-bond donors (Lipinski definition) is 1. The minimum absolute atomic E-state index is 0.0226. The van der Waals surface area contributed by atoms with E-state index < -0.39 is 5.54 Å². The summed E-state index contributed by atoms with van der Waals surface area (Å²) in [5.41, 5.74) is 0.216. The van der Waals surface area contributed by atoms with E-state index >= 15 is 0 Å². The maximum atomic E-state index is 13.5. The van der Waals surface area contributed by atoms with Gasteiger partial charge < -0.3 is 24.8 Å². The van der Waals surface area contributed by atoms with Crippen molar-refractivity contribution < 1.29 is 19.1 Å². The molecule has 0 aromatic heterocycles. The number of anilines is 1. The van der Waals surface area contributed by atoms with E-state index in [1.54, 1.807) is 9.80 Å². The normalized spacial score (nSPS) is 18.6. The molecule has 0 radical (unpaired) electrons. The van der Waals surface area contributed by atoms with Gasteiger partial charge in [-0.2, -0.15) is 0 Å². The van der Waals surface area contributed by atoms with Crippen LogP contribution in [0.25, 0.3) is 0 Å². The quantitative estimate of drug-likeness (QED) is 0.762. The van der Waals surface area contributed by atoms with Crippen LogP contribution in [0.1, 0.15) is 26.7 Å². The highest BCUT2D eigenvalue weighted by atomic mass is 16.5. The maximum Gasteiger partial charge on any atom is 0.250 e. The maximum absolute atomic E-state index is 13.5. The van der Waals surface area contributed by atoms with Crippen LogP contribution >= 0.6 is 0 Å². The first kappa shape index (κ1) is 21.1. The highest BCUT2D eigenvalue weighted by Crippen LogP contribution is 2.39. The molecule has 3 amide bonds. The van der Waals surface area contributed by atoms with Crippen molar-refractivity contribution in [3.8, 4) is 0 Å². The van der Waals surface area contributed by atoms with Crippen molar-refractivity contribution in [1.29, 1.82) is 0 Å². The zero-order chi connectivity index (χ0) is 21.0. The summed E-state index contributed by atoms with van der Waals surface area (Å²) in [6, 6.07) is 9.81. The third-order valence-corrected chi connectivity index (χ3v) is 5.58. The number of nitrogens with zero attached hydrogens (tertiary/aromatic N) is 3. The molecule has 2 aliphatic heterocycles. The third kappa shape index (κ3) is 4.37. The fourth-order valence-electron chi connectivity index (χ4n) is 4.20. The second kappa shape index (κ2) is 8.82. The minimum atomic E-state index is -0.733. The van der Waals surface area contributed by atoms with Gasteiger partial charge in [0.05, 0.1) is 6.67 Å². The van der Waals surface area contributed by atoms with E-state index in [1.165, 1.54) is 7.11 Å². The number of amides is 3. The predicted molar refractivity (Wildman–Crippen MR) is 109 cm³/mol. The summed E-state index contributed by atoms with van der Waals surface area (Å²) in [7, 11) is 1.50. The average Bonchev–Trinajstić information content (AvgIpc) is 2.95. The zero-order valence-corrected chi connectivity index (χ0v) is 17.4. The first-order chi connectivity index (χ1) is 13.9. The molecule has 8 heteroatoms. The van der Waals surface area contributed by atoms with Crippen LogP contribution in [-0.4, -0.2) is 79.1 Å². The van der Waals surface area contributed by atoms with Crippen LogP contribution in [0.3, 0.4) is 0 Å². The van der Waals surface area contributed by atoms with E-state index in [2.05, 4.69) is 10.2 Å². The monoisotopic (exact) mass is 402 g/mol. The molecule has 2 saturated heterocycles. The average molecular weight is 402 g/mol. The van der Waals surface area contributed by atoms with Crippen molar-refractivity contribution in [3.63, 3.8) is 0 Å². The number of methoxy groups -OCH3 is 1. The van der Waals surface area contributed by atoms with E-state index in [0.29, 0.717) is 32.6 Å². The fraction of sp³-hybridized carbons (Fsp3) is 0.571. The molecule has 0 saturated carbocycles. The van der Waals surface area contributed by atoms with Crippen LogP contribution in [0.15, 0.2) is 30.3 Å². The Kier molecular flexibility index (Phi) is 6.42. The number of hydrogen-bond acceptors (Lipinski definition) is 5. The summed E-state index contributed by atoms with van der Waals surface area (Å²) in [4.78, 5) is 43.4. The number of para-hydroxylation sites is 1. The summed E-state index contributed by atoms with van der Waals surface area (Å²) in [6.45, 7) is 5.22. The highest BCUT2D eigenvalue weighted by molar-refractivity contribution is 5.96. The van der Waals surface area contributed by atoms with Gasteiger partial charge in [-0.25, -0.2) is 0 Å². The van der Waals surface area contributed by atoms with Gasteiger partial charge in [-0.05, 0) is 38.8 Å². The van der Waals surface area contributed by atoms with Gasteiger partial charge >= 0.3 is 0 Å². The molecule has 1 spiro atoms. The molecule has 2 fully saturated rings. The summed E-state index contributed by atoms with van der Waals surface area (Å²) >= 11 is 0. The van der Waals surface area contributed by atoms with Crippen molar-refractivity contribution >= 4 is 23.4 Å². The van der Waals surface area contributed by atoms with Gasteiger partial charge in [0.15, 0.2) is 0 Å². The van der Waals surface area contributed by atoms with Gasteiger partial charge in [0.25, 0.3) is 5.91 Å². The van der Waals surface area contributed by atoms with Gasteiger partial charge in [0.2, 0.25) is 11.8 Å². The molecule has 0 aliphatic carbocycles. The Hall–Kier alpha value is -2.61. The minimum Gasteiger partial charge on any atom is -0.375 e. The molecule has 3 rings (SSSR count). The first-order valence-electron chi connectivity index (χ1n) is 10.1. The molecule has 0 unspecified atom stereocenters. The molecule has 1 aromatic carbocycles. The number of carbonyl (C=O) groups is 3. The van der Waals surface area contributed by atoms with E-state index in [-0.39, 0.29) is 36.9 Å². The summed E-state index contributed by atoms with van der Waals surface area (Å²) in [5, 5.41) is 2.85. The second-order valence-electron chi connectivity index (χ2n) is 7.98. The Morgan fingerprint density at radius 3 is 2.41 bits per heavy atom. The largest absolute Gasteiger partial charge is 0.375 e. The van der Waals surface area contributed by atoms with E-state index in [1.807, 2.05) is 44.2 Å². The van der Waals surface area contributed by atoms with Gasteiger partial charge in [0.1, 0.15) is 18.7 Å². The molecule has 1 aromatic rings. The lowest BCUT2D eigenvalue weighted by Gasteiger charge is -2.43. The summed E-state index contributed by atoms with van der Waals surface area (Å²) in [5.74, 6) is -0.266. The van der Waals surface area contributed by atoms with Crippen molar-refractivity contribution in [2.24, 2.45) is 0 Å². The molecular formula is C21H30N4O4. The topological polar surface area (TPSA) is 82.2 Å². The predicted octanol–water partition coefficient (Wildman–Crippen LogP) is 0.825. The number of likely N-dealkylation sites (tertiary alicyclic amines) is 1. The molecule has 2 heterocycles. The Balaban J connectivity index is 1.81. The number of ether oxygens (including phenoxy) is 1. The fourth-order valence-corrected chi connectivity index (χ4v) is 4.20. The standard InChI is InChI=1S/C21H30N4O4/c1-16(2)22-18(26)13-24-15-25(17-7-5-4-6-8-17)21(20(24)28)9-11-23(12-10-21)19(27)14-29-3/h4-8,16H,9-15H2,1-3H3,(H,22,26). The van der Waals surface area contributed by atoms with Crippen LogP contribution in [-0.2, 0) is 19.1 Å². The van der Waals surface area contributed by atoms with Crippen LogP contribution < -0.4 is 10.2 Å². The smallest absolute Gasteiger partial charge is 0.250 e. The molecule has 8 nitrogen and oxygen atoms in total. The van der Waals surface area contributed by atoms with Crippen LogP contribution in [0.5, 0.6) is 0 Å². The van der Waals surface area contributed by atoms with Gasteiger partial charge in [0, 0.05) is 31.9 Å². The number of piperidine rings is 1. The van der Waals surface area contributed by atoms with Crippen LogP contribution in [0, 0.1) is 0 Å². The van der Waals surface area contributed by atoms with Crippen molar-refractivity contribution in [1.82, 2.24) is 15.1 Å². The number of carbonyl (C=O) groups excluding carboxylic acids is 3. The molecule has 0 atom stereocenters. The number of benzene rings is 1. The Morgan fingerprint density at radius 2 is 1.83 bits per heavy atom. The molecule has 1 N–H and O–H groups in total. The Bertz CT molecular complexity index is 744. The van der Waals surface area contributed by atoms with Crippen molar-refractivity contribution in [3.05, 3.63) is 30.3 Å². The van der Waals surface area contributed by atoms with Gasteiger partial charge in [-0.15, -0.1) is 0 Å². The zero-order valence-electron chi connectivity index (χ0n) is 17.4. The molecule has 29 heavy (non-hydrogen) atoms. The SMILES string of the molecule is COCC(=O)N1CCC2(CC1)C(=O)N(CC(=O)NC(C)C)CN2c1ccccc1. The molecule has 0 bridgehead atoms. The molecule has 2 aliphatic rings. The van der Waals surface area contributed by atoms with E-state index in [9.17, 15) is 14.4 Å². The van der Waals surface area contributed by atoms with Crippen molar-refractivity contribution in [2.75, 3.05) is 44.9 Å². The summed E-state index contributed by atoms with van der Waals surface area (Å²) < 4.78 is 4.96. The number of nitrogens with one attached hydrogen (secondary N) is 1. The lowest BCUT2D eigenvalue weighted by atomic mass is 9.85. The van der Waals surface area contributed by atoms with Gasteiger partial charge in [-0.1, -0.05) is 18.2 Å². The highest BCUT2D eigenvalue weighted by Gasteiger charge is 2.54. The first-order valence-corrected chi connectivity index (χ1v) is 10.1. The third-order valence-electron chi connectivity index (χ3n) is 5.58. The van der Waals surface area contributed by atoms with Crippen molar-refractivity contribution in [2.45, 2.75) is 38.3 Å². The molecular weight excluding hydrogens is 372 g/mol. The van der Waals surface area contributed by atoms with Crippen LogP contribution in [0.2, 0.25) is 0 Å². The van der Waals surface area contributed by atoms with E-state index in [0.717, 1.165) is 5.69 Å². The van der Waals surface area contributed by atoms with Crippen LogP contribution in [0.4, 0.5) is 5.69 Å². The summed E-state index contributed by atoms with van der Waals surface area (Å²) in [6.07, 6.45) is 1.05. The Labute approximate surface area is 171 Å². The molecule has 158 valence electrons. The van der Waals surface area contributed by atoms with Gasteiger partial charge in [-0.3, -0.25) is 14.4 Å². The lowest BCUT2D eigenvalue weighted by Crippen LogP contribution is -2.57. The number of rotatable bonds is 6. The second-order valence-corrected chi connectivity index (χ2v) is 7.98. The Morgan fingerprint density at radius 1 is 1.17 bits per heavy atom. The van der Waals surface area contributed by atoms with E-state index in [4.69, 9.17) is 4.74 Å². The lowest BCUT2D eigenvalue weighted by molar-refractivity contribution is -0.141.